The number of imide groups is 1. The van der Waals surface area contributed by atoms with Crippen molar-refractivity contribution >= 4 is 23.1 Å². The Balaban J connectivity index is 1.74. The molecule has 1 aliphatic rings. The quantitative estimate of drug-likeness (QED) is 0.611. The van der Waals surface area contributed by atoms with E-state index in [9.17, 15) is 9.59 Å². The summed E-state index contributed by atoms with van der Waals surface area (Å²) in [7, 11) is 0. The first-order valence-electron chi connectivity index (χ1n) is 9.73. The van der Waals surface area contributed by atoms with Gasteiger partial charge in [0.15, 0.2) is 0 Å². The number of para-hydroxylation sites is 2. The highest BCUT2D eigenvalue weighted by molar-refractivity contribution is 6.36. The lowest BCUT2D eigenvalue weighted by atomic mass is 10.0. The van der Waals surface area contributed by atoms with Gasteiger partial charge in [-0.2, -0.15) is 0 Å². The number of carbonyl (C=O) groups excluding carboxylic acids is 2. The fourth-order valence-electron chi connectivity index (χ4n) is 3.35. The van der Waals surface area contributed by atoms with Gasteiger partial charge in [0.25, 0.3) is 11.8 Å². The van der Waals surface area contributed by atoms with Crippen molar-refractivity contribution in [3.8, 4) is 5.75 Å². The Morgan fingerprint density at radius 2 is 1.63 bits per heavy atom. The highest BCUT2D eigenvalue weighted by Gasteiger charge is 2.39. The van der Waals surface area contributed by atoms with Crippen molar-refractivity contribution in [1.29, 1.82) is 0 Å². The van der Waals surface area contributed by atoms with Gasteiger partial charge in [-0.3, -0.25) is 19.5 Å². The number of carbonyl (C=O) groups is 2. The Bertz CT molecular complexity index is 1090. The number of anilines is 1. The van der Waals surface area contributed by atoms with Crippen LogP contribution in [0.1, 0.15) is 18.2 Å². The van der Waals surface area contributed by atoms with E-state index in [2.05, 4.69) is 10.3 Å². The predicted molar refractivity (Wildman–Crippen MR) is 114 cm³/mol. The molecule has 0 saturated heterocycles. The molecule has 6 nitrogen and oxygen atoms in total. The zero-order valence-corrected chi connectivity index (χ0v) is 16.5. The molecule has 2 aromatic carbocycles. The molecule has 3 aromatic rings. The number of hydrogen-bond donors (Lipinski definition) is 1. The molecular weight excluding hydrogens is 378 g/mol. The Morgan fingerprint density at radius 3 is 2.37 bits per heavy atom. The van der Waals surface area contributed by atoms with Crippen molar-refractivity contribution in [3.05, 3.63) is 95.9 Å². The van der Waals surface area contributed by atoms with Crippen LogP contribution in [-0.4, -0.2) is 28.3 Å². The average molecular weight is 399 g/mol. The predicted octanol–water partition coefficient (Wildman–Crippen LogP) is 3.87. The minimum Gasteiger partial charge on any atom is -0.492 e. The van der Waals surface area contributed by atoms with Crippen molar-refractivity contribution in [2.75, 3.05) is 11.9 Å². The third-order valence-electron chi connectivity index (χ3n) is 4.72. The van der Waals surface area contributed by atoms with Crippen molar-refractivity contribution < 1.29 is 14.3 Å². The number of pyridine rings is 1. The van der Waals surface area contributed by atoms with Gasteiger partial charge in [0.05, 0.1) is 30.1 Å². The molecule has 150 valence electrons. The van der Waals surface area contributed by atoms with Gasteiger partial charge in [0, 0.05) is 6.20 Å². The van der Waals surface area contributed by atoms with Crippen LogP contribution in [0, 0.1) is 0 Å². The van der Waals surface area contributed by atoms with Gasteiger partial charge in [0.2, 0.25) is 0 Å². The zero-order valence-electron chi connectivity index (χ0n) is 16.5. The molecule has 0 saturated carbocycles. The van der Waals surface area contributed by atoms with E-state index >= 15 is 0 Å². The third kappa shape index (κ3) is 3.80. The number of amides is 2. The lowest BCUT2D eigenvalue weighted by Crippen LogP contribution is -2.32. The standard InChI is InChI=1S/C24H21N3O3/c1-2-30-20-14-7-6-13-19(20)26-22-21(17-10-4-3-5-11-17)23(28)27(24(22)29)16-18-12-8-9-15-25-18/h3-15,26H,2,16H2,1H3. The zero-order chi connectivity index (χ0) is 20.9. The first-order chi connectivity index (χ1) is 14.7. The van der Waals surface area contributed by atoms with Crippen molar-refractivity contribution in [2.24, 2.45) is 0 Å². The van der Waals surface area contributed by atoms with Crippen LogP contribution in [0.25, 0.3) is 5.57 Å². The fourth-order valence-corrected chi connectivity index (χ4v) is 3.35. The summed E-state index contributed by atoms with van der Waals surface area (Å²) < 4.78 is 5.67. The number of nitrogens with zero attached hydrogens (tertiary/aromatic N) is 2. The molecule has 30 heavy (non-hydrogen) atoms. The van der Waals surface area contributed by atoms with Crippen LogP contribution in [0.5, 0.6) is 5.75 Å². The molecule has 2 heterocycles. The third-order valence-corrected chi connectivity index (χ3v) is 4.72. The molecule has 0 spiro atoms. The Hall–Kier alpha value is -3.93. The lowest BCUT2D eigenvalue weighted by Gasteiger charge is -2.15. The molecule has 0 radical (unpaired) electrons. The van der Waals surface area contributed by atoms with Gasteiger partial charge >= 0.3 is 0 Å². The van der Waals surface area contributed by atoms with Crippen LogP contribution < -0.4 is 10.1 Å². The van der Waals surface area contributed by atoms with Crippen LogP contribution in [-0.2, 0) is 16.1 Å². The minimum absolute atomic E-state index is 0.104. The number of ether oxygens (including phenoxy) is 1. The van der Waals surface area contributed by atoms with Crippen molar-refractivity contribution in [1.82, 2.24) is 9.88 Å². The number of aromatic nitrogens is 1. The Labute approximate surface area is 174 Å². The van der Waals surface area contributed by atoms with Gasteiger partial charge in [-0.1, -0.05) is 48.5 Å². The summed E-state index contributed by atoms with van der Waals surface area (Å²) in [5, 5.41) is 3.16. The number of benzene rings is 2. The Kier molecular flexibility index (Phi) is 5.57. The van der Waals surface area contributed by atoms with Crippen molar-refractivity contribution in [3.63, 3.8) is 0 Å². The maximum Gasteiger partial charge on any atom is 0.278 e. The van der Waals surface area contributed by atoms with Crippen LogP contribution in [0.4, 0.5) is 5.69 Å². The topological polar surface area (TPSA) is 71.5 Å². The van der Waals surface area contributed by atoms with Crippen LogP contribution >= 0.6 is 0 Å². The summed E-state index contributed by atoms with van der Waals surface area (Å²) in [6.07, 6.45) is 1.64. The molecule has 0 atom stereocenters. The molecule has 0 aliphatic carbocycles. The molecule has 1 aromatic heterocycles. The van der Waals surface area contributed by atoms with Crippen LogP contribution in [0.2, 0.25) is 0 Å². The van der Waals surface area contributed by atoms with Gasteiger partial charge in [-0.15, -0.1) is 0 Å². The molecule has 1 aliphatic heterocycles. The maximum atomic E-state index is 13.3. The molecule has 0 unspecified atom stereocenters. The normalized spacial score (nSPS) is 13.7. The molecule has 4 rings (SSSR count). The second kappa shape index (κ2) is 8.61. The SMILES string of the molecule is CCOc1ccccc1NC1=C(c2ccccc2)C(=O)N(Cc2ccccn2)C1=O. The molecule has 2 amide bonds. The monoisotopic (exact) mass is 399 g/mol. The first-order valence-corrected chi connectivity index (χ1v) is 9.73. The fraction of sp³-hybridized carbons (Fsp3) is 0.125. The largest absolute Gasteiger partial charge is 0.492 e. The summed E-state index contributed by atoms with van der Waals surface area (Å²) in [5.74, 6) is -0.132. The van der Waals surface area contributed by atoms with E-state index in [-0.39, 0.29) is 18.1 Å². The summed E-state index contributed by atoms with van der Waals surface area (Å²) in [4.78, 5) is 32.0. The summed E-state index contributed by atoms with van der Waals surface area (Å²) in [6, 6.07) is 22.0. The summed E-state index contributed by atoms with van der Waals surface area (Å²) in [6.45, 7) is 2.49. The van der Waals surface area contributed by atoms with E-state index in [4.69, 9.17) is 4.74 Å². The van der Waals surface area contributed by atoms with E-state index in [0.717, 1.165) is 0 Å². The molecular formula is C24H21N3O3. The number of hydrogen-bond acceptors (Lipinski definition) is 5. The highest BCUT2D eigenvalue weighted by atomic mass is 16.5. The number of rotatable bonds is 7. The van der Waals surface area contributed by atoms with Crippen LogP contribution in [0.3, 0.4) is 0 Å². The molecule has 1 N–H and O–H groups in total. The van der Waals surface area contributed by atoms with E-state index < -0.39 is 5.91 Å². The van der Waals surface area contributed by atoms with E-state index in [1.807, 2.05) is 67.6 Å². The van der Waals surface area contributed by atoms with E-state index in [0.29, 0.717) is 34.9 Å². The van der Waals surface area contributed by atoms with E-state index in [1.165, 1.54) is 4.90 Å². The smallest absolute Gasteiger partial charge is 0.278 e. The minimum atomic E-state index is -0.393. The average Bonchev–Trinajstić information content (AvgIpc) is 3.01. The van der Waals surface area contributed by atoms with Gasteiger partial charge < -0.3 is 10.1 Å². The van der Waals surface area contributed by atoms with E-state index in [1.54, 1.807) is 18.3 Å². The second-order valence-corrected chi connectivity index (χ2v) is 6.69. The van der Waals surface area contributed by atoms with Crippen LogP contribution in [0.15, 0.2) is 84.7 Å². The molecule has 0 bridgehead atoms. The lowest BCUT2D eigenvalue weighted by molar-refractivity contribution is -0.137. The highest BCUT2D eigenvalue weighted by Crippen LogP contribution is 2.33. The van der Waals surface area contributed by atoms with Gasteiger partial charge in [0.1, 0.15) is 11.4 Å². The summed E-state index contributed by atoms with van der Waals surface area (Å²) >= 11 is 0. The second-order valence-electron chi connectivity index (χ2n) is 6.69. The maximum absolute atomic E-state index is 13.3. The molecule has 0 fully saturated rings. The summed E-state index contributed by atoms with van der Waals surface area (Å²) in [5.41, 5.74) is 2.51. The van der Waals surface area contributed by atoms with Gasteiger partial charge in [-0.25, -0.2) is 0 Å². The number of nitrogens with one attached hydrogen (secondary N) is 1. The van der Waals surface area contributed by atoms with Crippen molar-refractivity contribution in [2.45, 2.75) is 13.5 Å². The first kappa shape index (κ1) is 19.4. The van der Waals surface area contributed by atoms with Gasteiger partial charge in [-0.05, 0) is 36.8 Å². The Morgan fingerprint density at radius 1 is 0.900 bits per heavy atom. The molecule has 6 heteroatoms.